The molecule has 0 fully saturated rings. The Balaban J connectivity index is 2.23. The van der Waals surface area contributed by atoms with Crippen LogP contribution in [0.3, 0.4) is 0 Å². The predicted octanol–water partition coefficient (Wildman–Crippen LogP) is 3.73. The summed E-state index contributed by atoms with van der Waals surface area (Å²) in [5.74, 6) is 0. The van der Waals surface area contributed by atoms with Crippen molar-refractivity contribution in [2.75, 3.05) is 0 Å². The van der Waals surface area contributed by atoms with Crippen molar-refractivity contribution in [3.05, 3.63) is 69.7 Å². The number of nitrogens with two attached hydrogens (primary N) is 1. The largest absolute Gasteiger partial charge is 0.386 e. The molecule has 0 aromatic heterocycles. The number of rotatable bonds is 3. The standard InChI is InChI=1S/C14H13Cl2NO/c15-11-6-4-9(5-7-11)13(17)14(18)10-2-1-3-12(16)8-10/h1-8,13-14,18H,17H2. The molecule has 18 heavy (non-hydrogen) atoms. The number of hydrogen-bond acceptors (Lipinski definition) is 2. The van der Waals surface area contributed by atoms with E-state index in [1.165, 1.54) is 0 Å². The van der Waals surface area contributed by atoms with Gasteiger partial charge in [-0.3, -0.25) is 0 Å². The molecule has 2 unspecified atom stereocenters. The van der Waals surface area contributed by atoms with E-state index < -0.39 is 12.1 Å². The number of aliphatic hydroxyl groups is 1. The van der Waals surface area contributed by atoms with E-state index in [2.05, 4.69) is 0 Å². The smallest absolute Gasteiger partial charge is 0.0983 e. The van der Waals surface area contributed by atoms with Gasteiger partial charge in [-0.2, -0.15) is 0 Å². The average molecular weight is 282 g/mol. The van der Waals surface area contributed by atoms with E-state index in [0.29, 0.717) is 15.6 Å². The van der Waals surface area contributed by atoms with Crippen molar-refractivity contribution in [1.29, 1.82) is 0 Å². The minimum atomic E-state index is -0.801. The van der Waals surface area contributed by atoms with Gasteiger partial charge in [0.25, 0.3) is 0 Å². The summed E-state index contributed by atoms with van der Waals surface area (Å²) in [5.41, 5.74) is 7.56. The molecule has 0 saturated carbocycles. The fourth-order valence-electron chi connectivity index (χ4n) is 1.77. The fourth-order valence-corrected chi connectivity index (χ4v) is 2.09. The van der Waals surface area contributed by atoms with Crippen LogP contribution in [0.1, 0.15) is 23.3 Å². The van der Waals surface area contributed by atoms with E-state index in [9.17, 15) is 5.11 Å². The fraction of sp³-hybridized carbons (Fsp3) is 0.143. The summed E-state index contributed by atoms with van der Waals surface area (Å²) in [6.07, 6.45) is -0.801. The molecule has 0 heterocycles. The third-order valence-electron chi connectivity index (χ3n) is 2.79. The molecule has 0 radical (unpaired) electrons. The van der Waals surface area contributed by atoms with Crippen LogP contribution in [0, 0.1) is 0 Å². The molecule has 3 N–H and O–H groups in total. The van der Waals surface area contributed by atoms with Crippen LogP contribution in [0.15, 0.2) is 48.5 Å². The maximum atomic E-state index is 10.2. The second kappa shape index (κ2) is 5.72. The molecule has 94 valence electrons. The van der Waals surface area contributed by atoms with Crippen molar-refractivity contribution in [2.24, 2.45) is 5.73 Å². The van der Waals surface area contributed by atoms with Crippen molar-refractivity contribution in [3.63, 3.8) is 0 Å². The van der Waals surface area contributed by atoms with Crippen LogP contribution in [-0.2, 0) is 0 Å². The van der Waals surface area contributed by atoms with E-state index in [0.717, 1.165) is 5.56 Å². The summed E-state index contributed by atoms with van der Waals surface area (Å²) in [7, 11) is 0. The van der Waals surface area contributed by atoms with Crippen molar-refractivity contribution in [1.82, 2.24) is 0 Å². The summed E-state index contributed by atoms with van der Waals surface area (Å²) in [5, 5.41) is 11.4. The van der Waals surface area contributed by atoms with Gasteiger partial charge in [-0.15, -0.1) is 0 Å². The summed E-state index contributed by atoms with van der Waals surface area (Å²) in [4.78, 5) is 0. The zero-order valence-corrected chi connectivity index (χ0v) is 11.1. The Hall–Kier alpha value is -1.06. The van der Waals surface area contributed by atoms with E-state index in [4.69, 9.17) is 28.9 Å². The van der Waals surface area contributed by atoms with Gasteiger partial charge in [0, 0.05) is 10.0 Å². The maximum Gasteiger partial charge on any atom is 0.0983 e. The van der Waals surface area contributed by atoms with Crippen LogP contribution >= 0.6 is 23.2 Å². The van der Waals surface area contributed by atoms with Gasteiger partial charge in [-0.25, -0.2) is 0 Å². The molecule has 0 aliphatic rings. The predicted molar refractivity (Wildman–Crippen MR) is 74.8 cm³/mol. The highest BCUT2D eigenvalue weighted by molar-refractivity contribution is 6.30. The number of halogens is 2. The van der Waals surface area contributed by atoms with Crippen LogP contribution in [0.2, 0.25) is 10.0 Å². The Morgan fingerprint density at radius 3 is 2.17 bits per heavy atom. The molecule has 2 nitrogen and oxygen atoms in total. The SMILES string of the molecule is NC(c1ccc(Cl)cc1)C(O)c1cccc(Cl)c1. The first-order chi connectivity index (χ1) is 8.58. The van der Waals surface area contributed by atoms with Crippen LogP contribution in [-0.4, -0.2) is 5.11 Å². The van der Waals surface area contributed by atoms with Crippen molar-refractivity contribution in [2.45, 2.75) is 12.1 Å². The molecule has 2 aromatic carbocycles. The maximum absolute atomic E-state index is 10.2. The average Bonchev–Trinajstić information content (AvgIpc) is 2.38. The zero-order valence-electron chi connectivity index (χ0n) is 9.55. The highest BCUT2D eigenvalue weighted by atomic mass is 35.5. The minimum absolute atomic E-state index is 0.513. The molecule has 4 heteroatoms. The summed E-state index contributed by atoms with van der Waals surface area (Å²) in [6, 6.07) is 13.7. The number of benzene rings is 2. The van der Waals surface area contributed by atoms with Gasteiger partial charge >= 0.3 is 0 Å². The van der Waals surface area contributed by atoms with Gasteiger partial charge < -0.3 is 10.8 Å². The molecule has 0 amide bonds. The Labute approximate surface area is 116 Å². The Morgan fingerprint density at radius 2 is 1.56 bits per heavy atom. The number of hydrogen-bond donors (Lipinski definition) is 2. The van der Waals surface area contributed by atoms with Crippen LogP contribution in [0.5, 0.6) is 0 Å². The van der Waals surface area contributed by atoms with Crippen LogP contribution in [0.25, 0.3) is 0 Å². The summed E-state index contributed by atoms with van der Waals surface area (Å²) >= 11 is 11.7. The molecular weight excluding hydrogens is 269 g/mol. The topological polar surface area (TPSA) is 46.2 Å². The van der Waals surface area contributed by atoms with Crippen molar-refractivity contribution in [3.8, 4) is 0 Å². The minimum Gasteiger partial charge on any atom is -0.386 e. The second-order valence-electron chi connectivity index (χ2n) is 4.08. The van der Waals surface area contributed by atoms with Gasteiger partial charge in [-0.05, 0) is 35.4 Å². The first-order valence-electron chi connectivity index (χ1n) is 5.52. The van der Waals surface area contributed by atoms with Gasteiger partial charge in [0.1, 0.15) is 0 Å². The second-order valence-corrected chi connectivity index (χ2v) is 4.95. The van der Waals surface area contributed by atoms with Gasteiger partial charge in [0.2, 0.25) is 0 Å². The normalized spacial score (nSPS) is 14.2. The van der Waals surface area contributed by atoms with E-state index >= 15 is 0 Å². The first kappa shape index (κ1) is 13.4. The Bertz CT molecular complexity index is 528. The first-order valence-corrected chi connectivity index (χ1v) is 6.28. The van der Waals surface area contributed by atoms with Gasteiger partial charge in [-0.1, -0.05) is 47.5 Å². The van der Waals surface area contributed by atoms with Crippen LogP contribution in [0.4, 0.5) is 0 Å². The molecule has 2 rings (SSSR count). The molecule has 0 spiro atoms. The monoisotopic (exact) mass is 281 g/mol. The Morgan fingerprint density at radius 1 is 0.889 bits per heavy atom. The number of aliphatic hydroxyl groups excluding tert-OH is 1. The molecular formula is C14H13Cl2NO. The van der Waals surface area contributed by atoms with Gasteiger partial charge in [0.15, 0.2) is 0 Å². The van der Waals surface area contributed by atoms with Crippen LogP contribution < -0.4 is 5.73 Å². The lowest BCUT2D eigenvalue weighted by Crippen LogP contribution is -2.19. The highest BCUT2D eigenvalue weighted by Gasteiger charge is 2.18. The molecule has 2 aromatic rings. The molecule has 0 aliphatic heterocycles. The van der Waals surface area contributed by atoms with Crippen molar-refractivity contribution < 1.29 is 5.11 Å². The summed E-state index contributed by atoms with van der Waals surface area (Å²) in [6.45, 7) is 0. The van der Waals surface area contributed by atoms with E-state index in [-0.39, 0.29) is 0 Å². The lowest BCUT2D eigenvalue weighted by molar-refractivity contribution is 0.147. The zero-order chi connectivity index (χ0) is 13.1. The van der Waals surface area contributed by atoms with Crippen molar-refractivity contribution >= 4 is 23.2 Å². The third kappa shape index (κ3) is 3.03. The lowest BCUT2D eigenvalue weighted by atomic mass is 9.97. The molecule has 0 saturated heterocycles. The van der Waals surface area contributed by atoms with E-state index in [1.54, 1.807) is 48.5 Å². The lowest BCUT2D eigenvalue weighted by Gasteiger charge is -2.19. The molecule has 0 aliphatic carbocycles. The summed E-state index contributed by atoms with van der Waals surface area (Å²) < 4.78 is 0. The Kier molecular flexibility index (Phi) is 4.25. The quantitative estimate of drug-likeness (QED) is 0.901. The van der Waals surface area contributed by atoms with Gasteiger partial charge in [0.05, 0.1) is 12.1 Å². The third-order valence-corrected chi connectivity index (χ3v) is 3.27. The van der Waals surface area contributed by atoms with E-state index in [1.807, 2.05) is 0 Å². The highest BCUT2D eigenvalue weighted by Crippen LogP contribution is 2.28. The molecule has 0 bridgehead atoms. The molecule has 2 atom stereocenters.